The minimum absolute atomic E-state index is 0.0994. The van der Waals surface area contributed by atoms with E-state index in [-0.39, 0.29) is 29.0 Å². The molecule has 1 fully saturated rings. The van der Waals surface area contributed by atoms with Crippen molar-refractivity contribution in [3.63, 3.8) is 0 Å². The standard InChI is InChI=1S/C16H19F2N3O/c1-9(22)10-2-4-12(5-3-10)21-8-11-6-14(19)13(16(17)18)7-15(11)20-21/h6-8,10,12,16H,2-5,19H2,1H3/t10-,12-. The maximum atomic E-state index is 12.9. The number of Topliss-reactive ketones (excluding diaryl/α,β-unsaturated/α-hetero) is 1. The summed E-state index contributed by atoms with van der Waals surface area (Å²) in [6.07, 6.45) is 2.76. The number of nitrogens with two attached hydrogens (primary N) is 1. The first-order valence-electron chi connectivity index (χ1n) is 7.52. The van der Waals surface area contributed by atoms with Crippen molar-refractivity contribution >= 4 is 22.4 Å². The minimum atomic E-state index is -2.60. The van der Waals surface area contributed by atoms with Crippen LogP contribution in [0.3, 0.4) is 0 Å². The van der Waals surface area contributed by atoms with Gasteiger partial charge in [0.2, 0.25) is 0 Å². The summed E-state index contributed by atoms with van der Waals surface area (Å²) in [6, 6.07) is 3.15. The Balaban J connectivity index is 1.85. The first kappa shape index (κ1) is 14.9. The van der Waals surface area contributed by atoms with Crippen LogP contribution in [-0.4, -0.2) is 15.6 Å². The Morgan fingerprint density at radius 3 is 2.59 bits per heavy atom. The smallest absolute Gasteiger partial charge is 0.265 e. The van der Waals surface area contributed by atoms with Crippen LogP contribution in [0.5, 0.6) is 0 Å². The van der Waals surface area contributed by atoms with Crippen molar-refractivity contribution in [2.45, 2.75) is 45.1 Å². The fourth-order valence-corrected chi connectivity index (χ4v) is 3.25. The molecule has 2 N–H and O–H groups in total. The van der Waals surface area contributed by atoms with Crippen molar-refractivity contribution in [1.82, 2.24) is 9.78 Å². The number of nitrogens with zero attached hydrogens (tertiary/aromatic N) is 2. The molecular weight excluding hydrogens is 288 g/mol. The largest absolute Gasteiger partial charge is 0.398 e. The molecule has 1 saturated carbocycles. The molecule has 0 amide bonds. The average Bonchev–Trinajstić information content (AvgIpc) is 2.89. The molecule has 0 aliphatic heterocycles. The van der Waals surface area contributed by atoms with Crippen LogP contribution in [0.1, 0.15) is 50.6 Å². The molecule has 3 rings (SSSR count). The molecule has 2 aromatic rings. The maximum absolute atomic E-state index is 12.9. The second-order valence-corrected chi connectivity index (χ2v) is 6.07. The van der Waals surface area contributed by atoms with Gasteiger partial charge in [-0.1, -0.05) is 0 Å². The average molecular weight is 307 g/mol. The first-order valence-corrected chi connectivity index (χ1v) is 7.52. The summed E-state index contributed by atoms with van der Waals surface area (Å²) in [4.78, 5) is 11.4. The van der Waals surface area contributed by atoms with Crippen LogP contribution in [0.2, 0.25) is 0 Å². The number of benzene rings is 1. The summed E-state index contributed by atoms with van der Waals surface area (Å²) >= 11 is 0. The lowest BCUT2D eigenvalue weighted by atomic mass is 9.84. The normalized spacial score (nSPS) is 22.4. The van der Waals surface area contributed by atoms with Crippen molar-refractivity contribution in [3.8, 4) is 0 Å². The highest BCUT2D eigenvalue weighted by molar-refractivity contribution is 5.83. The molecule has 4 nitrogen and oxygen atoms in total. The topological polar surface area (TPSA) is 60.9 Å². The minimum Gasteiger partial charge on any atom is -0.398 e. The van der Waals surface area contributed by atoms with E-state index in [1.54, 1.807) is 13.0 Å². The zero-order chi connectivity index (χ0) is 15.9. The molecule has 1 aliphatic carbocycles. The molecule has 1 aromatic heterocycles. The molecule has 0 saturated heterocycles. The second-order valence-electron chi connectivity index (χ2n) is 6.07. The van der Waals surface area contributed by atoms with E-state index >= 15 is 0 Å². The maximum Gasteiger partial charge on any atom is 0.265 e. The number of carbonyl (C=O) groups excluding carboxylic acids is 1. The van der Waals surface area contributed by atoms with Gasteiger partial charge >= 0.3 is 0 Å². The van der Waals surface area contributed by atoms with E-state index < -0.39 is 6.43 Å². The van der Waals surface area contributed by atoms with Gasteiger partial charge in [0, 0.05) is 28.8 Å². The molecule has 0 radical (unpaired) electrons. The number of aromatic nitrogens is 2. The van der Waals surface area contributed by atoms with Gasteiger partial charge < -0.3 is 5.73 Å². The fourth-order valence-electron chi connectivity index (χ4n) is 3.25. The number of alkyl halides is 2. The number of ketones is 1. The second kappa shape index (κ2) is 5.66. The molecule has 22 heavy (non-hydrogen) atoms. The van der Waals surface area contributed by atoms with Crippen molar-refractivity contribution in [1.29, 1.82) is 0 Å². The molecule has 1 aromatic carbocycles. The third-order valence-corrected chi connectivity index (χ3v) is 4.61. The van der Waals surface area contributed by atoms with E-state index in [2.05, 4.69) is 5.10 Å². The highest BCUT2D eigenvalue weighted by atomic mass is 19.3. The Morgan fingerprint density at radius 1 is 1.32 bits per heavy atom. The van der Waals surface area contributed by atoms with Gasteiger partial charge in [-0.25, -0.2) is 8.78 Å². The van der Waals surface area contributed by atoms with Gasteiger partial charge in [-0.2, -0.15) is 5.10 Å². The number of rotatable bonds is 3. The van der Waals surface area contributed by atoms with Crippen LogP contribution < -0.4 is 5.73 Å². The number of hydrogen-bond acceptors (Lipinski definition) is 3. The van der Waals surface area contributed by atoms with E-state index in [0.29, 0.717) is 5.52 Å². The molecule has 0 unspecified atom stereocenters. The lowest BCUT2D eigenvalue weighted by Gasteiger charge is -2.27. The van der Waals surface area contributed by atoms with Crippen molar-refractivity contribution in [2.75, 3.05) is 5.73 Å². The summed E-state index contributed by atoms with van der Waals surface area (Å²) < 4.78 is 27.6. The van der Waals surface area contributed by atoms with Crippen LogP contribution in [0, 0.1) is 5.92 Å². The van der Waals surface area contributed by atoms with Gasteiger partial charge in [-0.05, 0) is 44.7 Å². The van der Waals surface area contributed by atoms with Crippen LogP contribution >= 0.6 is 0 Å². The Bertz CT molecular complexity index is 703. The van der Waals surface area contributed by atoms with E-state index in [4.69, 9.17) is 5.73 Å². The van der Waals surface area contributed by atoms with Gasteiger partial charge in [0.05, 0.1) is 11.6 Å². The highest BCUT2D eigenvalue weighted by Crippen LogP contribution is 2.34. The molecule has 0 spiro atoms. The fraction of sp³-hybridized carbons (Fsp3) is 0.500. The predicted molar refractivity (Wildman–Crippen MR) is 80.8 cm³/mol. The van der Waals surface area contributed by atoms with Gasteiger partial charge in [0.15, 0.2) is 0 Å². The summed E-state index contributed by atoms with van der Waals surface area (Å²) in [5.74, 6) is 0.403. The van der Waals surface area contributed by atoms with Gasteiger partial charge in [-0.15, -0.1) is 0 Å². The Kier molecular flexibility index (Phi) is 3.85. The SMILES string of the molecule is CC(=O)[C@H]1CC[C@H](n2cc3cc(N)c(C(F)F)cc3n2)CC1. The van der Waals surface area contributed by atoms with Gasteiger partial charge in [0.25, 0.3) is 6.43 Å². The number of halogens is 2. The van der Waals surface area contributed by atoms with Crippen LogP contribution in [0.15, 0.2) is 18.3 Å². The zero-order valence-electron chi connectivity index (χ0n) is 12.4. The lowest BCUT2D eigenvalue weighted by molar-refractivity contribution is -0.121. The monoisotopic (exact) mass is 307 g/mol. The predicted octanol–water partition coefficient (Wildman–Crippen LogP) is 3.88. The first-order chi connectivity index (χ1) is 10.5. The van der Waals surface area contributed by atoms with Crippen molar-refractivity contribution < 1.29 is 13.6 Å². The third kappa shape index (κ3) is 2.69. The number of nitrogen functional groups attached to an aromatic ring is 1. The Morgan fingerprint density at radius 2 is 2.00 bits per heavy atom. The number of carbonyl (C=O) groups is 1. The molecule has 0 atom stereocenters. The van der Waals surface area contributed by atoms with Crippen LogP contribution in [0.25, 0.3) is 10.9 Å². The summed E-state index contributed by atoms with van der Waals surface area (Å²) in [7, 11) is 0. The van der Waals surface area contributed by atoms with Gasteiger partial charge in [0.1, 0.15) is 5.78 Å². The van der Waals surface area contributed by atoms with E-state index in [1.807, 2.05) is 10.9 Å². The van der Waals surface area contributed by atoms with E-state index in [9.17, 15) is 13.6 Å². The van der Waals surface area contributed by atoms with Crippen LogP contribution in [0.4, 0.5) is 14.5 Å². The molecule has 1 aliphatic rings. The number of fused-ring (bicyclic) bond motifs is 1. The lowest BCUT2D eigenvalue weighted by Crippen LogP contribution is -2.22. The molecule has 1 heterocycles. The quantitative estimate of drug-likeness (QED) is 0.875. The molecule has 6 heteroatoms. The highest BCUT2D eigenvalue weighted by Gasteiger charge is 2.25. The third-order valence-electron chi connectivity index (χ3n) is 4.61. The van der Waals surface area contributed by atoms with E-state index in [0.717, 1.165) is 31.1 Å². The number of hydrogen-bond donors (Lipinski definition) is 1. The molecular formula is C16H19F2N3O. The van der Waals surface area contributed by atoms with Gasteiger partial charge in [-0.3, -0.25) is 9.48 Å². The summed E-state index contributed by atoms with van der Waals surface area (Å²) in [5, 5.41) is 5.21. The summed E-state index contributed by atoms with van der Waals surface area (Å²) in [6.45, 7) is 1.64. The number of anilines is 1. The van der Waals surface area contributed by atoms with Crippen molar-refractivity contribution in [2.24, 2.45) is 5.92 Å². The Labute approximate surface area is 127 Å². The van der Waals surface area contributed by atoms with Crippen molar-refractivity contribution in [3.05, 3.63) is 23.9 Å². The van der Waals surface area contributed by atoms with E-state index in [1.165, 1.54) is 6.07 Å². The van der Waals surface area contributed by atoms with Crippen LogP contribution in [-0.2, 0) is 4.79 Å². The summed E-state index contributed by atoms with van der Waals surface area (Å²) in [5.41, 5.74) is 6.14. The molecule has 118 valence electrons. The molecule has 0 bridgehead atoms. The Hall–Kier alpha value is -1.98. The zero-order valence-corrected chi connectivity index (χ0v) is 12.4.